The topological polar surface area (TPSA) is 122 Å². The van der Waals surface area contributed by atoms with E-state index >= 15 is 0 Å². The number of nitrogens with one attached hydrogen (secondary N) is 1. The number of pyridine rings is 2. The number of aliphatic imine (C=N–C) groups is 1. The Morgan fingerprint density at radius 2 is 2.09 bits per heavy atom. The summed E-state index contributed by atoms with van der Waals surface area (Å²) < 4.78 is 0. The van der Waals surface area contributed by atoms with E-state index in [9.17, 15) is 4.79 Å². The third kappa shape index (κ3) is 6.38. The number of nitrogens with zero attached hydrogens (tertiary/aromatic N) is 6. The van der Waals surface area contributed by atoms with Gasteiger partial charge in [0.25, 0.3) is 0 Å². The fourth-order valence-electron chi connectivity index (χ4n) is 3.95. The van der Waals surface area contributed by atoms with Crippen LogP contribution in [0.25, 0.3) is 16.6 Å². The number of piperidine rings is 1. The Kier molecular flexibility index (Phi) is 7.97. The Morgan fingerprint density at radius 1 is 1.20 bits per heavy atom. The first-order valence-electron chi connectivity index (χ1n) is 12.1. The highest BCUT2D eigenvalue weighted by atomic mass is 16.2. The highest BCUT2D eigenvalue weighted by Crippen LogP contribution is 2.21. The molecule has 0 aromatic carbocycles. The van der Waals surface area contributed by atoms with Gasteiger partial charge in [-0.25, -0.2) is 4.98 Å². The zero-order valence-electron chi connectivity index (χ0n) is 20.3. The quantitative estimate of drug-likeness (QED) is 0.356. The molecule has 0 bridgehead atoms. The molecular weight excluding hydrogens is 440 g/mol. The Bertz CT molecular complexity index is 1240. The SMILES string of the molecule is CC(C)c1cnnc(Nc2ccc3ncc(C(C=NCCCN4CCCCC4=O)=CN)cc3n2)c1. The summed E-state index contributed by atoms with van der Waals surface area (Å²) in [7, 11) is 0. The van der Waals surface area contributed by atoms with Gasteiger partial charge in [0, 0.05) is 55.8 Å². The average Bonchev–Trinajstić information content (AvgIpc) is 2.87. The van der Waals surface area contributed by atoms with Crippen LogP contribution in [0.3, 0.4) is 0 Å². The van der Waals surface area contributed by atoms with Crippen LogP contribution in [0.5, 0.6) is 0 Å². The molecule has 1 amide bonds. The van der Waals surface area contributed by atoms with E-state index in [1.54, 1.807) is 18.6 Å². The highest BCUT2D eigenvalue weighted by Gasteiger charge is 2.16. The van der Waals surface area contributed by atoms with E-state index < -0.39 is 0 Å². The number of carbonyl (C=O) groups is 1. The van der Waals surface area contributed by atoms with Gasteiger partial charge in [0.15, 0.2) is 5.82 Å². The van der Waals surface area contributed by atoms with Gasteiger partial charge >= 0.3 is 0 Å². The normalized spacial score (nSPS) is 14.9. The zero-order valence-corrected chi connectivity index (χ0v) is 20.3. The number of hydrogen-bond donors (Lipinski definition) is 2. The second kappa shape index (κ2) is 11.5. The van der Waals surface area contributed by atoms with E-state index in [-0.39, 0.29) is 5.91 Å². The third-order valence-electron chi connectivity index (χ3n) is 6.02. The molecule has 3 aromatic rings. The Balaban J connectivity index is 1.42. The van der Waals surface area contributed by atoms with Crippen LogP contribution in [0, 0.1) is 0 Å². The van der Waals surface area contributed by atoms with Crippen molar-refractivity contribution in [2.45, 2.75) is 45.4 Å². The lowest BCUT2D eigenvalue weighted by molar-refractivity contribution is -0.133. The Hall–Kier alpha value is -3.88. The van der Waals surface area contributed by atoms with Crippen molar-refractivity contribution in [3.63, 3.8) is 0 Å². The molecule has 35 heavy (non-hydrogen) atoms. The second-order valence-electron chi connectivity index (χ2n) is 8.96. The van der Waals surface area contributed by atoms with Gasteiger partial charge in [0.2, 0.25) is 5.91 Å². The molecule has 3 aromatic heterocycles. The van der Waals surface area contributed by atoms with E-state index in [4.69, 9.17) is 10.7 Å². The van der Waals surface area contributed by atoms with Crippen LogP contribution in [-0.4, -0.2) is 56.8 Å². The number of nitrogens with two attached hydrogens (primary N) is 1. The first kappa shape index (κ1) is 24.3. The van der Waals surface area contributed by atoms with E-state index in [1.165, 1.54) is 6.20 Å². The second-order valence-corrected chi connectivity index (χ2v) is 8.96. The van der Waals surface area contributed by atoms with Crippen LogP contribution in [0.15, 0.2) is 47.9 Å². The van der Waals surface area contributed by atoms with Gasteiger partial charge in [0.1, 0.15) is 5.82 Å². The zero-order chi connectivity index (χ0) is 24.6. The minimum Gasteiger partial charge on any atom is -0.404 e. The molecule has 0 saturated carbocycles. The molecule has 0 atom stereocenters. The Morgan fingerprint density at radius 3 is 2.89 bits per heavy atom. The Labute approximate surface area is 205 Å². The summed E-state index contributed by atoms with van der Waals surface area (Å²) in [6.07, 6.45) is 10.4. The van der Waals surface area contributed by atoms with Crippen LogP contribution in [0.1, 0.15) is 56.6 Å². The van der Waals surface area contributed by atoms with Crippen molar-refractivity contribution in [2.75, 3.05) is 25.0 Å². The summed E-state index contributed by atoms with van der Waals surface area (Å²) in [5, 5.41) is 11.5. The molecule has 1 fully saturated rings. The monoisotopic (exact) mass is 472 g/mol. The number of aromatic nitrogens is 4. The largest absolute Gasteiger partial charge is 0.404 e. The summed E-state index contributed by atoms with van der Waals surface area (Å²) in [5.74, 6) is 1.92. The van der Waals surface area contributed by atoms with Crippen molar-refractivity contribution in [3.05, 3.63) is 54.0 Å². The number of rotatable bonds is 9. The fraction of sp³-hybridized carbons (Fsp3) is 0.385. The van der Waals surface area contributed by atoms with Crippen LogP contribution in [0.2, 0.25) is 0 Å². The minimum absolute atomic E-state index is 0.256. The van der Waals surface area contributed by atoms with E-state index in [0.29, 0.717) is 30.5 Å². The van der Waals surface area contributed by atoms with Gasteiger partial charge < -0.3 is 16.0 Å². The van der Waals surface area contributed by atoms with Gasteiger partial charge in [-0.15, -0.1) is 5.10 Å². The third-order valence-corrected chi connectivity index (χ3v) is 6.02. The first-order chi connectivity index (χ1) is 17.0. The number of fused-ring (bicyclic) bond motifs is 1. The first-order valence-corrected chi connectivity index (χ1v) is 12.1. The molecule has 4 heterocycles. The standard InChI is InChI=1S/C26H32N8O/c1-18(2)19-13-25(33-30-17-19)32-24-8-7-22-23(31-24)12-20(16-29-22)21(14-27)15-28-9-5-11-34-10-4-3-6-26(34)35/h7-8,12-18H,3-6,9-11,27H2,1-2H3,(H,31,32,33). The number of likely N-dealkylation sites (tertiary alicyclic amines) is 1. The average molecular weight is 473 g/mol. The summed E-state index contributed by atoms with van der Waals surface area (Å²) in [4.78, 5) is 27.6. The maximum atomic E-state index is 11.9. The van der Waals surface area contributed by atoms with Crippen LogP contribution >= 0.6 is 0 Å². The van der Waals surface area contributed by atoms with Gasteiger partial charge in [0.05, 0.1) is 17.2 Å². The van der Waals surface area contributed by atoms with Crippen molar-refractivity contribution in [1.82, 2.24) is 25.1 Å². The van der Waals surface area contributed by atoms with Crippen molar-refractivity contribution in [3.8, 4) is 0 Å². The van der Waals surface area contributed by atoms with Gasteiger partial charge in [-0.2, -0.15) is 5.10 Å². The van der Waals surface area contributed by atoms with Crippen LogP contribution in [0.4, 0.5) is 11.6 Å². The lowest BCUT2D eigenvalue weighted by atomic mass is 10.1. The lowest BCUT2D eigenvalue weighted by Gasteiger charge is -2.26. The molecule has 0 radical (unpaired) electrons. The molecule has 1 aliphatic rings. The number of anilines is 2. The molecule has 3 N–H and O–H groups in total. The summed E-state index contributed by atoms with van der Waals surface area (Å²) in [5.41, 5.74) is 10.1. The van der Waals surface area contributed by atoms with Crippen molar-refractivity contribution < 1.29 is 4.79 Å². The van der Waals surface area contributed by atoms with Crippen LogP contribution < -0.4 is 11.1 Å². The van der Waals surface area contributed by atoms with Gasteiger partial charge in [-0.1, -0.05) is 13.8 Å². The summed E-state index contributed by atoms with van der Waals surface area (Å²) in [6.45, 7) is 6.47. The molecule has 9 nitrogen and oxygen atoms in total. The predicted molar refractivity (Wildman–Crippen MR) is 140 cm³/mol. The maximum absolute atomic E-state index is 11.9. The van der Waals surface area contributed by atoms with E-state index in [2.05, 4.69) is 39.3 Å². The molecule has 0 unspecified atom stereocenters. The number of carbonyl (C=O) groups excluding carboxylic acids is 1. The highest BCUT2D eigenvalue weighted by molar-refractivity contribution is 6.10. The number of allylic oxidation sites excluding steroid dienone is 1. The van der Waals surface area contributed by atoms with Crippen molar-refractivity contribution in [2.24, 2.45) is 10.7 Å². The molecule has 0 spiro atoms. The van der Waals surface area contributed by atoms with E-state index in [0.717, 1.165) is 60.1 Å². The molecule has 182 valence electrons. The molecule has 1 saturated heterocycles. The maximum Gasteiger partial charge on any atom is 0.222 e. The fourth-order valence-corrected chi connectivity index (χ4v) is 3.95. The smallest absolute Gasteiger partial charge is 0.222 e. The minimum atomic E-state index is 0.256. The van der Waals surface area contributed by atoms with Gasteiger partial charge in [-0.05, 0) is 55.0 Å². The summed E-state index contributed by atoms with van der Waals surface area (Å²) in [6, 6.07) is 7.70. The molecule has 4 rings (SSSR count). The van der Waals surface area contributed by atoms with E-state index in [1.807, 2.05) is 29.2 Å². The van der Waals surface area contributed by atoms with Crippen LogP contribution in [-0.2, 0) is 4.79 Å². The molecule has 9 heteroatoms. The molecule has 1 aliphatic heterocycles. The van der Waals surface area contributed by atoms with Gasteiger partial charge in [-0.3, -0.25) is 14.8 Å². The van der Waals surface area contributed by atoms with Crippen molar-refractivity contribution in [1.29, 1.82) is 0 Å². The summed E-state index contributed by atoms with van der Waals surface area (Å²) >= 11 is 0. The molecule has 0 aliphatic carbocycles. The van der Waals surface area contributed by atoms with Crippen molar-refractivity contribution >= 4 is 40.4 Å². The number of hydrogen-bond acceptors (Lipinski definition) is 8. The number of amides is 1. The lowest BCUT2D eigenvalue weighted by Crippen LogP contribution is -2.36. The predicted octanol–water partition coefficient (Wildman–Crippen LogP) is 4.06. The molecular formula is C26H32N8O.